The second-order valence-corrected chi connectivity index (χ2v) is 4.22. The number of aromatic nitrogens is 1. The fraction of sp³-hybridized carbons (Fsp3) is 0.0833. The maximum Gasteiger partial charge on any atom is 0.350 e. The molecule has 2 rings (SSSR count). The molecule has 6 heteroatoms. The van der Waals surface area contributed by atoms with Gasteiger partial charge in [-0.3, -0.25) is 10.4 Å². The van der Waals surface area contributed by atoms with Crippen LogP contribution in [-0.2, 0) is 4.74 Å². The molecule has 0 aliphatic heterocycles. The molecule has 0 radical (unpaired) electrons. The zero-order chi connectivity index (χ0) is 12.8. The molecule has 0 aliphatic rings. The van der Waals surface area contributed by atoms with E-state index < -0.39 is 0 Å². The van der Waals surface area contributed by atoms with Crippen LogP contribution in [0.5, 0.6) is 0 Å². The van der Waals surface area contributed by atoms with Crippen molar-refractivity contribution in [1.29, 1.82) is 0 Å². The van der Waals surface area contributed by atoms with Crippen molar-refractivity contribution in [1.82, 2.24) is 4.98 Å². The van der Waals surface area contributed by atoms with E-state index in [1.165, 1.54) is 18.4 Å². The van der Waals surface area contributed by atoms with Crippen molar-refractivity contribution in [2.24, 2.45) is 5.10 Å². The second kappa shape index (κ2) is 5.92. The number of rotatable bonds is 4. The number of methoxy groups -OCH3 is 1. The van der Waals surface area contributed by atoms with Crippen molar-refractivity contribution in [3.8, 4) is 0 Å². The average molecular weight is 261 g/mol. The molecule has 0 spiro atoms. The van der Waals surface area contributed by atoms with Crippen LogP contribution in [0.1, 0.15) is 15.2 Å². The fourth-order valence-corrected chi connectivity index (χ4v) is 2.03. The minimum absolute atomic E-state index is 0.369. The number of nitrogens with one attached hydrogen (secondary N) is 1. The molecule has 1 N–H and O–H groups in total. The summed E-state index contributed by atoms with van der Waals surface area (Å²) >= 11 is 1.31. The number of esters is 1. The van der Waals surface area contributed by atoms with Gasteiger partial charge in [-0.2, -0.15) is 5.10 Å². The Hall–Kier alpha value is -2.21. The van der Waals surface area contributed by atoms with E-state index in [1.54, 1.807) is 30.1 Å². The number of nitrogens with zero attached hydrogens (tertiary/aromatic N) is 2. The summed E-state index contributed by atoms with van der Waals surface area (Å²) < 4.78 is 4.67. The molecule has 2 aromatic rings. The third-order valence-electron chi connectivity index (χ3n) is 2.14. The molecule has 0 fully saturated rings. The van der Waals surface area contributed by atoms with Crippen molar-refractivity contribution in [3.05, 3.63) is 46.4 Å². The lowest BCUT2D eigenvalue weighted by Crippen LogP contribution is -2.01. The van der Waals surface area contributed by atoms with Crippen LogP contribution in [0.2, 0.25) is 0 Å². The molecule has 0 atom stereocenters. The van der Waals surface area contributed by atoms with Gasteiger partial charge in [0.15, 0.2) is 0 Å². The van der Waals surface area contributed by atoms with Crippen LogP contribution in [0.15, 0.2) is 41.1 Å². The first kappa shape index (κ1) is 12.3. The summed E-state index contributed by atoms with van der Waals surface area (Å²) in [6, 6.07) is 5.45. The Kier molecular flexibility index (Phi) is 4.03. The molecule has 0 bridgehead atoms. The smallest absolute Gasteiger partial charge is 0.350 e. The highest BCUT2D eigenvalue weighted by Crippen LogP contribution is 2.22. The van der Waals surface area contributed by atoms with E-state index in [2.05, 4.69) is 20.2 Å². The molecule has 18 heavy (non-hydrogen) atoms. The summed E-state index contributed by atoms with van der Waals surface area (Å²) in [5.74, 6) is -0.369. The average Bonchev–Trinajstić information content (AvgIpc) is 2.87. The fourth-order valence-electron chi connectivity index (χ4n) is 1.27. The van der Waals surface area contributed by atoms with Gasteiger partial charge in [-0.15, -0.1) is 11.3 Å². The van der Waals surface area contributed by atoms with E-state index in [0.717, 1.165) is 5.56 Å². The van der Waals surface area contributed by atoms with Gasteiger partial charge < -0.3 is 4.74 Å². The number of ether oxygens (including phenoxy) is 1. The molecule has 2 heterocycles. The maximum absolute atomic E-state index is 11.4. The molecule has 0 aliphatic carbocycles. The molecule has 92 valence electrons. The van der Waals surface area contributed by atoms with E-state index in [0.29, 0.717) is 10.6 Å². The molecule has 0 saturated carbocycles. The number of pyridine rings is 1. The Morgan fingerprint density at radius 2 is 2.22 bits per heavy atom. The molecular weight excluding hydrogens is 250 g/mol. The number of hydrogen-bond acceptors (Lipinski definition) is 6. The van der Waals surface area contributed by atoms with Crippen LogP contribution in [0, 0.1) is 0 Å². The highest BCUT2D eigenvalue weighted by molar-refractivity contribution is 7.12. The molecule has 0 amide bonds. The number of anilines is 1. The van der Waals surface area contributed by atoms with Gasteiger partial charge in [-0.1, -0.05) is 0 Å². The molecule has 0 saturated heterocycles. The first-order valence-corrected chi connectivity index (χ1v) is 6.04. The number of hydrazone groups is 1. The van der Waals surface area contributed by atoms with Gasteiger partial charge in [0.1, 0.15) is 4.88 Å². The standard InChI is InChI=1S/C12H11N3O2S/c1-17-12(16)11-10(4-7-18-11)15-14-8-9-2-5-13-6-3-9/h2-8,15H,1H3/b14-8+. The SMILES string of the molecule is COC(=O)c1sccc1N/N=C/c1ccncc1. The zero-order valence-corrected chi connectivity index (χ0v) is 10.5. The van der Waals surface area contributed by atoms with Gasteiger partial charge in [0.05, 0.1) is 19.0 Å². The Bertz CT molecular complexity index is 551. The van der Waals surface area contributed by atoms with Crippen molar-refractivity contribution in [3.63, 3.8) is 0 Å². The monoisotopic (exact) mass is 261 g/mol. The van der Waals surface area contributed by atoms with E-state index in [-0.39, 0.29) is 5.97 Å². The van der Waals surface area contributed by atoms with E-state index in [9.17, 15) is 4.79 Å². The topological polar surface area (TPSA) is 63.6 Å². The highest BCUT2D eigenvalue weighted by Gasteiger charge is 2.12. The largest absolute Gasteiger partial charge is 0.465 e. The Morgan fingerprint density at radius 1 is 1.44 bits per heavy atom. The quantitative estimate of drug-likeness (QED) is 0.521. The van der Waals surface area contributed by atoms with Crippen molar-refractivity contribution < 1.29 is 9.53 Å². The highest BCUT2D eigenvalue weighted by atomic mass is 32.1. The maximum atomic E-state index is 11.4. The summed E-state index contributed by atoms with van der Waals surface area (Å²) in [7, 11) is 1.35. The predicted molar refractivity (Wildman–Crippen MR) is 71.1 cm³/mol. The number of hydrogen-bond donors (Lipinski definition) is 1. The summed E-state index contributed by atoms with van der Waals surface area (Å²) in [6.45, 7) is 0. The first-order valence-electron chi connectivity index (χ1n) is 5.16. The number of carbonyl (C=O) groups is 1. The molecular formula is C12H11N3O2S. The Labute approximate surface area is 108 Å². The summed E-state index contributed by atoms with van der Waals surface area (Å²) in [6.07, 6.45) is 5.03. The first-order chi connectivity index (χ1) is 8.81. The van der Waals surface area contributed by atoms with Crippen LogP contribution < -0.4 is 5.43 Å². The molecule has 2 aromatic heterocycles. The van der Waals surface area contributed by atoms with Gasteiger partial charge in [0.2, 0.25) is 0 Å². The lowest BCUT2D eigenvalue weighted by atomic mass is 10.3. The minimum Gasteiger partial charge on any atom is -0.465 e. The normalized spacial score (nSPS) is 10.5. The lowest BCUT2D eigenvalue weighted by molar-refractivity contribution is 0.0607. The van der Waals surface area contributed by atoms with Crippen LogP contribution in [0.25, 0.3) is 0 Å². The van der Waals surface area contributed by atoms with E-state index in [1.807, 2.05) is 12.1 Å². The van der Waals surface area contributed by atoms with Crippen LogP contribution >= 0.6 is 11.3 Å². The molecule has 0 unspecified atom stereocenters. The van der Waals surface area contributed by atoms with Gasteiger partial charge in [-0.05, 0) is 29.1 Å². The number of thiophene rings is 1. The zero-order valence-electron chi connectivity index (χ0n) is 9.66. The van der Waals surface area contributed by atoms with Crippen molar-refractivity contribution in [2.45, 2.75) is 0 Å². The third kappa shape index (κ3) is 2.92. The lowest BCUT2D eigenvalue weighted by Gasteiger charge is -2.00. The molecule has 5 nitrogen and oxygen atoms in total. The van der Waals surface area contributed by atoms with Crippen LogP contribution in [-0.4, -0.2) is 24.3 Å². The predicted octanol–water partition coefficient (Wildman–Crippen LogP) is 2.38. The molecule has 0 aromatic carbocycles. The number of carbonyl (C=O) groups excluding carboxylic acids is 1. The van der Waals surface area contributed by atoms with Gasteiger partial charge >= 0.3 is 5.97 Å². The van der Waals surface area contributed by atoms with Gasteiger partial charge in [0, 0.05) is 12.4 Å². The summed E-state index contributed by atoms with van der Waals surface area (Å²) in [5.41, 5.74) is 4.38. The Balaban J connectivity index is 2.05. The van der Waals surface area contributed by atoms with Crippen LogP contribution in [0.3, 0.4) is 0 Å². The second-order valence-electron chi connectivity index (χ2n) is 3.31. The van der Waals surface area contributed by atoms with E-state index >= 15 is 0 Å². The summed E-state index contributed by atoms with van der Waals surface area (Å²) in [5, 5.41) is 5.86. The Morgan fingerprint density at radius 3 is 2.94 bits per heavy atom. The van der Waals surface area contributed by atoms with Crippen LogP contribution in [0.4, 0.5) is 5.69 Å². The van der Waals surface area contributed by atoms with E-state index in [4.69, 9.17) is 0 Å². The minimum atomic E-state index is -0.369. The van der Waals surface area contributed by atoms with Gasteiger partial charge in [-0.25, -0.2) is 4.79 Å². The summed E-state index contributed by atoms with van der Waals surface area (Å²) in [4.78, 5) is 15.8. The van der Waals surface area contributed by atoms with Crippen molar-refractivity contribution >= 4 is 29.2 Å². The van der Waals surface area contributed by atoms with Crippen molar-refractivity contribution in [2.75, 3.05) is 12.5 Å². The van der Waals surface area contributed by atoms with Gasteiger partial charge in [0.25, 0.3) is 0 Å². The third-order valence-corrected chi connectivity index (χ3v) is 3.04.